The van der Waals surface area contributed by atoms with Crippen molar-refractivity contribution in [1.29, 1.82) is 0 Å². The minimum Gasteiger partial charge on any atom is -0.394 e. The summed E-state index contributed by atoms with van der Waals surface area (Å²) in [6.45, 7) is 2.11. The highest BCUT2D eigenvalue weighted by Crippen LogP contribution is 2.36. The Labute approximate surface area is 119 Å². The Bertz CT molecular complexity index is 599. The van der Waals surface area contributed by atoms with Gasteiger partial charge in [0.25, 0.3) is 0 Å². The predicted octanol–water partition coefficient (Wildman–Crippen LogP) is 2.41. The maximum Gasteiger partial charge on any atom is 0.417 e. The van der Waals surface area contributed by atoms with Crippen molar-refractivity contribution >= 4 is 21.6 Å². The minimum absolute atomic E-state index is 0.224. The number of hydrogen-bond donors (Lipinski definition) is 2. The van der Waals surface area contributed by atoms with Gasteiger partial charge in [-0.25, -0.2) is 13.1 Å². The first-order valence-corrected chi connectivity index (χ1v) is 7.27. The molecule has 1 aromatic carbocycles. The van der Waals surface area contributed by atoms with Crippen LogP contribution in [0.4, 0.5) is 13.2 Å². The first-order valence-electron chi connectivity index (χ1n) is 5.41. The lowest BCUT2D eigenvalue weighted by Crippen LogP contribution is -2.46. The summed E-state index contributed by atoms with van der Waals surface area (Å²) in [5, 5.41) is 8.78. The van der Waals surface area contributed by atoms with E-state index in [2.05, 4.69) is 0 Å². The van der Waals surface area contributed by atoms with Gasteiger partial charge in [0.05, 0.1) is 22.6 Å². The summed E-state index contributed by atoms with van der Waals surface area (Å²) in [6.07, 6.45) is -4.86. The molecular weight excluding hydrogens is 319 g/mol. The number of halogens is 4. The van der Waals surface area contributed by atoms with Crippen molar-refractivity contribution in [3.63, 3.8) is 0 Å². The van der Waals surface area contributed by atoms with E-state index in [0.29, 0.717) is 6.07 Å². The molecule has 1 aromatic rings. The molecule has 0 heterocycles. The average molecular weight is 332 g/mol. The van der Waals surface area contributed by atoms with Gasteiger partial charge >= 0.3 is 6.18 Å². The van der Waals surface area contributed by atoms with Crippen molar-refractivity contribution in [2.75, 3.05) is 6.61 Å². The highest BCUT2D eigenvalue weighted by Gasteiger charge is 2.38. The van der Waals surface area contributed by atoms with Crippen LogP contribution in [0.5, 0.6) is 0 Å². The van der Waals surface area contributed by atoms with E-state index in [1.165, 1.54) is 13.8 Å². The number of hydrogen-bond acceptors (Lipinski definition) is 3. The van der Waals surface area contributed by atoms with Crippen LogP contribution in [0.2, 0.25) is 5.02 Å². The Balaban J connectivity index is 3.40. The van der Waals surface area contributed by atoms with Crippen molar-refractivity contribution in [3.8, 4) is 0 Å². The fourth-order valence-corrected chi connectivity index (χ4v) is 3.19. The van der Waals surface area contributed by atoms with E-state index >= 15 is 0 Å². The smallest absolute Gasteiger partial charge is 0.394 e. The first kappa shape index (κ1) is 17.2. The molecular formula is C11H13ClF3NO3S. The maximum atomic E-state index is 12.9. The van der Waals surface area contributed by atoms with Gasteiger partial charge in [-0.15, -0.1) is 0 Å². The van der Waals surface area contributed by atoms with Crippen molar-refractivity contribution < 1.29 is 26.7 Å². The largest absolute Gasteiger partial charge is 0.417 e. The Morgan fingerprint density at radius 3 is 2.30 bits per heavy atom. The van der Waals surface area contributed by atoms with Gasteiger partial charge in [0.1, 0.15) is 0 Å². The van der Waals surface area contributed by atoms with Crippen LogP contribution in [0.1, 0.15) is 19.4 Å². The summed E-state index contributed by atoms with van der Waals surface area (Å²) >= 11 is 5.48. The van der Waals surface area contributed by atoms with Crippen LogP contribution in [0.15, 0.2) is 23.1 Å². The zero-order chi connectivity index (χ0) is 15.8. The van der Waals surface area contributed by atoms with Crippen molar-refractivity contribution in [2.45, 2.75) is 30.5 Å². The summed E-state index contributed by atoms with van der Waals surface area (Å²) in [6, 6.07) is 2.38. The van der Waals surface area contributed by atoms with E-state index < -0.39 is 38.8 Å². The molecule has 2 N–H and O–H groups in total. The quantitative estimate of drug-likeness (QED) is 0.890. The number of sulfonamides is 1. The van der Waals surface area contributed by atoms with Crippen LogP contribution in [0.25, 0.3) is 0 Å². The summed E-state index contributed by atoms with van der Waals surface area (Å²) in [4.78, 5) is -0.934. The SMILES string of the molecule is CC(C)(CO)NS(=O)(=O)c1ccc(Cl)cc1C(F)(F)F. The third kappa shape index (κ3) is 4.08. The first-order chi connectivity index (χ1) is 8.89. The monoisotopic (exact) mass is 331 g/mol. The van der Waals surface area contributed by atoms with Gasteiger partial charge in [0.2, 0.25) is 10.0 Å². The van der Waals surface area contributed by atoms with Gasteiger partial charge in [-0.2, -0.15) is 13.2 Å². The van der Waals surface area contributed by atoms with Crippen LogP contribution < -0.4 is 4.72 Å². The molecule has 0 aromatic heterocycles. The molecule has 0 aliphatic carbocycles. The zero-order valence-electron chi connectivity index (χ0n) is 10.6. The lowest BCUT2D eigenvalue weighted by Gasteiger charge is -2.24. The second kappa shape index (κ2) is 5.51. The summed E-state index contributed by atoms with van der Waals surface area (Å²) in [5.41, 5.74) is -2.65. The molecule has 9 heteroatoms. The van der Waals surface area contributed by atoms with Gasteiger partial charge in [0, 0.05) is 5.02 Å². The molecule has 0 atom stereocenters. The molecule has 0 bridgehead atoms. The van der Waals surface area contributed by atoms with Gasteiger partial charge in [-0.1, -0.05) is 11.6 Å². The second-order valence-electron chi connectivity index (χ2n) is 4.79. The number of aliphatic hydroxyl groups is 1. The summed E-state index contributed by atoms with van der Waals surface area (Å²) in [5.74, 6) is 0. The molecule has 0 spiro atoms. The molecule has 114 valence electrons. The molecule has 0 aliphatic heterocycles. The van der Waals surface area contributed by atoms with E-state index in [4.69, 9.17) is 16.7 Å². The number of alkyl halides is 3. The van der Waals surface area contributed by atoms with Gasteiger partial charge < -0.3 is 5.11 Å². The summed E-state index contributed by atoms with van der Waals surface area (Å²) in [7, 11) is -4.45. The third-order valence-electron chi connectivity index (χ3n) is 2.34. The number of nitrogens with one attached hydrogen (secondary N) is 1. The highest BCUT2D eigenvalue weighted by molar-refractivity contribution is 7.89. The molecule has 0 aliphatic rings. The normalized spacial score (nSPS) is 13.6. The fraction of sp³-hybridized carbons (Fsp3) is 0.455. The predicted molar refractivity (Wildman–Crippen MR) is 67.9 cm³/mol. The van der Waals surface area contributed by atoms with E-state index in [-0.39, 0.29) is 5.02 Å². The minimum atomic E-state index is -4.86. The standard InChI is InChI=1S/C11H13ClF3NO3S/c1-10(2,6-17)16-20(18,19)9-4-3-7(12)5-8(9)11(13,14)15/h3-5,16-17H,6H2,1-2H3. The molecule has 1 rings (SSSR count). The molecule has 0 unspecified atom stereocenters. The lowest BCUT2D eigenvalue weighted by atomic mass is 10.1. The molecule has 0 fully saturated rings. The van der Waals surface area contributed by atoms with Crippen LogP contribution in [0, 0.1) is 0 Å². The molecule has 0 saturated carbocycles. The van der Waals surface area contributed by atoms with E-state index in [0.717, 1.165) is 12.1 Å². The zero-order valence-corrected chi connectivity index (χ0v) is 12.2. The van der Waals surface area contributed by atoms with Crippen LogP contribution in [0.3, 0.4) is 0 Å². The van der Waals surface area contributed by atoms with Crippen molar-refractivity contribution in [3.05, 3.63) is 28.8 Å². The topological polar surface area (TPSA) is 66.4 Å². The van der Waals surface area contributed by atoms with Crippen molar-refractivity contribution in [1.82, 2.24) is 4.72 Å². The van der Waals surface area contributed by atoms with Crippen LogP contribution in [-0.2, 0) is 16.2 Å². The average Bonchev–Trinajstić information content (AvgIpc) is 2.26. The molecule has 20 heavy (non-hydrogen) atoms. The van der Waals surface area contributed by atoms with E-state index in [1.54, 1.807) is 0 Å². The molecule has 4 nitrogen and oxygen atoms in total. The second-order valence-corrected chi connectivity index (χ2v) is 6.87. The molecule has 0 amide bonds. The summed E-state index contributed by atoms with van der Waals surface area (Å²) < 4.78 is 64.7. The Kier molecular flexibility index (Phi) is 4.75. The van der Waals surface area contributed by atoms with Gasteiger partial charge in [-0.05, 0) is 32.0 Å². The van der Waals surface area contributed by atoms with E-state index in [9.17, 15) is 21.6 Å². The fourth-order valence-electron chi connectivity index (χ4n) is 1.41. The number of aliphatic hydroxyl groups excluding tert-OH is 1. The lowest BCUT2D eigenvalue weighted by molar-refractivity contribution is -0.139. The number of benzene rings is 1. The van der Waals surface area contributed by atoms with Crippen LogP contribution >= 0.6 is 11.6 Å². The third-order valence-corrected chi connectivity index (χ3v) is 4.33. The Hall–Kier alpha value is -0.830. The number of rotatable bonds is 4. The molecule has 0 radical (unpaired) electrons. The maximum absolute atomic E-state index is 12.9. The van der Waals surface area contributed by atoms with Gasteiger partial charge in [0.15, 0.2) is 0 Å². The van der Waals surface area contributed by atoms with E-state index in [1.807, 2.05) is 4.72 Å². The Morgan fingerprint density at radius 1 is 1.30 bits per heavy atom. The van der Waals surface area contributed by atoms with Crippen LogP contribution in [-0.4, -0.2) is 25.7 Å². The van der Waals surface area contributed by atoms with Gasteiger partial charge in [-0.3, -0.25) is 0 Å². The molecule has 0 saturated heterocycles. The Morgan fingerprint density at radius 2 is 1.85 bits per heavy atom. The van der Waals surface area contributed by atoms with Crippen molar-refractivity contribution in [2.24, 2.45) is 0 Å². The highest BCUT2D eigenvalue weighted by atomic mass is 35.5.